The van der Waals surface area contributed by atoms with E-state index in [0.717, 1.165) is 21.2 Å². The SMILES string of the molecule is C[C@]1(Cc2ccc(F)c(Cl)c2)Cc2cc(C(=O)N(CC(=O)O)Cc3cccc(Br)c3)ccc2O1. The number of nitrogens with zero attached hydrogens (tertiary/aromatic N) is 1. The Balaban J connectivity index is 1.53. The molecule has 1 amide bonds. The zero-order chi connectivity index (χ0) is 24.5. The lowest BCUT2D eigenvalue weighted by molar-refractivity contribution is -0.137. The molecule has 0 unspecified atom stereocenters. The van der Waals surface area contributed by atoms with E-state index in [9.17, 15) is 19.1 Å². The molecule has 0 bridgehead atoms. The molecular weight excluding hydrogens is 525 g/mol. The summed E-state index contributed by atoms with van der Waals surface area (Å²) >= 11 is 9.32. The van der Waals surface area contributed by atoms with Crippen molar-refractivity contribution >= 4 is 39.4 Å². The van der Waals surface area contributed by atoms with Gasteiger partial charge in [-0.1, -0.05) is 45.7 Å². The highest BCUT2D eigenvalue weighted by atomic mass is 79.9. The number of aliphatic carboxylic acids is 1. The number of amides is 1. The Bertz CT molecular complexity index is 1270. The fraction of sp³-hybridized carbons (Fsp3) is 0.231. The average molecular weight is 547 g/mol. The summed E-state index contributed by atoms with van der Waals surface area (Å²) in [6, 6.07) is 17.2. The third kappa shape index (κ3) is 5.59. The molecule has 1 N–H and O–H groups in total. The van der Waals surface area contributed by atoms with E-state index in [1.54, 1.807) is 30.3 Å². The summed E-state index contributed by atoms with van der Waals surface area (Å²) in [5, 5.41) is 9.42. The first-order chi connectivity index (χ1) is 16.1. The van der Waals surface area contributed by atoms with Crippen molar-refractivity contribution in [2.24, 2.45) is 0 Å². The van der Waals surface area contributed by atoms with E-state index in [2.05, 4.69) is 15.9 Å². The lowest BCUT2D eigenvalue weighted by Crippen LogP contribution is -2.35. The molecule has 1 atom stereocenters. The van der Waals surface area contributed by atoms with Gasteiger partial charge in [0.25, 0.3) is 5.91 Å². The Labute approximate surface area is 210 Å². The fourth-order valence-corrected chi connectivity index (χ4v) is 4.89. The Morgan fingerprint density at radius 3 is 2.65 bits per heavy atom. The number of ether oxygens (including phenoxy) is 1. The Hall–Kier alpha value is -2.90. The minimum absolute atomic E-state index is 0.0634. The van der Waals surface area contributed by atoms with Gasteiger partial charge >= 0.3 is 5.97 Å². The Morgan fingerprint density at radius 1 is 1.15 bits per heavy atom. The van der Waals surface area contributed by atoms with Crippen LogP contribution >= 0.6 is 27.5 Å². The van der Waals surface area contributed by atoms with Gasteiger partial charge in [0.1, 0.15) is 23.7 Å². The van der Waals surface area contributed by atoms with Gasteiger partial charge in [-0.3, -0.25) is 9.59 Å². The molecule has 0 aliphatic carbocycles. The second kappa shape index (κ2) is 9.76. The molecule has 0 aromatic heterocycles. The summed E-state index contributed by atoms with van der Waals surface area (Å²) < 4.78 is 20.5. The van der Waals surface area contributed by atoms with Gasteiger partial charge in [0.15, 0.2) is 0 Å². The smallest absolute Gasteiger partial charge is 0.323 e. The topological polar surface area (TPSA) is 66.8 Å². The third-order valence-electron chi connectivity index (χ3n) is 5.67. The van der Waals surface area contributed by atoms with Crippen molar-refractivity contribution in [2.45, 2.75) is 31.9 Å². The molecule has 4 rings (SSSR count). The van der Waals surface area contributed by atoms with Gasteiger partial charge in [-0.05, 0) is 66.1 Å². The monoisotopic (exact) mass is 545 g/mol. The maximum absolute atomic E-state index is 13.5. The average Bonchev–Trinajstić information content (AvgIpc) is 3.10. The molecule has 0 saturated carbocycles. The number of carbonyl (C=O) groups excluding carboxylic acids is 1. The summed E-state index contributed by atoms with van der Waals surface area (Å²) in [6.07, 6.45) is 1.06. The van der Waals surface area contributed by atoms with Crippen LogP contribution in [0.3, 0.4) is 0 Å². The van der Waals surface area contributed by atoms with Crippen molar-refractivity contribution in [2.75, 3.05) is 6.54 Å². The minimum atomic E-state index is -1.08. The third-order valence-corrected chi connectivity index (χ3v) is 6.45. The van der Waals surface area contributed by atoms with E-state index in [1.165, 1.54) is 11.0 Å². The number of carboxylic acids is 1. The Kier molecular flexibility index (Phi) is 6.96. The molecule has 0 spiro atoms. The van der Waals surface area contributed by atoms with Crippen LogP contribution in [0.1, 0.15) is 34.0 Å². The van der Waals surface area contributed by atoms with Gasteiger partial charge in [0, 0.05) is 29.4 Å². The van der Waals surface area contributed by atoms with Crippen LogP contribution in [0.4, 0.5) is 4.39 Å². The largest absolute Gasteiger partial charge is 0.487 e. The van der Waals surface area contributed by atoms with Crippen molar-refractivity contribution in [1.82, 2.24) is 4.90 Å². The number of rotatable bonds is 7. The molecule has 34 heavy (non-hydrogen) atoms. The van der Waals surface area contributed by atoms with E-state index in [4.69, 9.17) is 16.3 Å². The lowest BCUT2D eigenvalue weighted by Gasteiger charge is -2.24. The van der Waals surface area contributed by atoms with E-state index in [-0.39, 0.29) is 17.5 Å². The van der Waals surface area contributed by atoms with Gasteiger partial charge in [0.05, 0.1) is 5.02 Å². The second-order valence-corrected chi connectivity index (χ2v) is 9.98. The predicted octanol–water partition coefficient (Wildman–Crippen LogP) is 5.90. The van der Waals surface area contributed by atoms with Crippen LogP contribution in [0, 0.1) is 5.82 Å². The summed E-state index contributed by atoms with van der Waals surface area (Å²) in [7, 11) is 0. The summed E-state index contributed by atoms with van der Waals surface area (Å²) in [5.41, 5.74) is 2.34. The first-order valence-electron chi connectivity index (χ1n) is 10.6. The van der Waals surface area contributed by atoms with Crippen LogP contribution in [0.25, 0.3) is 0 Å². The molecule has 0 saturated heterocycles. The molecule has 3 aromatic rings. The number of hydrogen-bond acceptors (Lipinski definition) is 3. The fourth-order valence-electron chi connectivity index (χ4n) is 4.24. The first-order valence-corrected chi connectivity index (χ1v) is 11.8. The molecule has 1 aliphatic rings. The van der Waals surface area contributed by atoms with Crippen molar-refractivity contribution in [3.05, 3.63) is 98.2 Å². The van der Waals surface area contributed by atoms with Gasteiger partial charge in [-0.25, -0.2) is 4.39 Å². The zero-order valence-electron chi connectivity index (χ0n) is 18.4. The van der Waals surface area contributed by atoms with Crippen molar-refractivity contribution < 1.29 is 23.8 Å². The van der Waals surface area contributed by atoms with E-state index in [1.807, 2.05) is 31.2 Å². The number of fused-ring (bicyclic) bond motifs is 1. The summed E-state index contributed by atoms with van der Waals surface area (Å²) in [6.45, 7) is 1.71. The molecule has 1 heterocycles. The quantitative estimate of drug-likeness (QED) is 0.400. The van der Waals surface area contributed by atoms with Crippen LogP contribution in [0.2, 0.25) is 5.02 Å². The normalized spacial score (nSPS) is 16.6. The van der Waals surface area contributed by atoms with Gasteiger partial charge in [0.2, 0.25) is 0 Å². The van der Waals surface area contributed by atoms with Crippen LogP contribution in [-0.4, -0.2) is 34.0 Å². The van der Waals surface area contributed by atoms with Crippen molar-refractivity contribution in [3.8, 4) is 5.75 Å². The zero-order valence-corrected chi connectivity index (χ0v) is 20.7. The van der Waals surface area contributed by atoms with Gasteiger partial charge < -0.3 is 14.7 Å². The van der Waals surface area contributed by atoms with Crippen molar-refractivity contribution in [1.29, 1.82) is 0 Å². The highest BCUT2D eigenvalue weighted by Crippen LogP contribution is 2.38. The van der Waals surface area contributed by atoms with Crippen LogP contribution in [-0.2, 0) is 24.2 Å². The molecule has 5 nitrogen and oxygen atoms in total. The first kappa shape index (κ1) is 24.2. The lowest BCUT2D eigenvalue weighted by atomic mass is 9.91. The standard InChI is InChI=1S/C26H22BrClFNO4/c1-26(12-16-5-7-22(29)21(28)10-16)13-19-11-18(6-8-23(19)34-26)25(33)30(15-24(31)32)14-17-3-2-4-20(27)9-17/h2-11H,12-15H2,1H3,(H,31,32)/t26-/m0/s1. The minimum Gasteiger partial charge on any atom is -0.487 e. The number of carbonyl (C=O) groups is 2. The maximum Gasteiger partial charge on any atom is 0.323 e. The second-order valence-electron chi connectivity index (χ2n) is 8.66. The number of halogens is 3. The van der Waals surface area contributed by atoms with E-state index in [0.29, 0.717) is 24.2 Å². The summed E-state index contributed by atoms with van der Waals surface area (Å²) in [5.74, 6) is -1.25. The highest BCUT2D eigenvalue weighted by molar-refractivity contribution is 9.10. The number of benzene rings is 3. The van der Waals surface area contributed by atoms with Crippen molar-refractivity contribution in [3.63, 3.8) is 0 Å². The molecular formula is C26H22BrClFNO4. The molecule has 8 heteroatoms. The highest BCUT2D eigenvalue weighted by Gasteiger charge is 2.36. The van der Waals surface area contributed by atoms with E-state index >= 15 is 0 Å². The summed E-state index contributed by atoms with van der Waals surface area (Å²) in [4.78, 5) is 26.0. The van der Waals surface area contributed by atoms with Crippen LogP contribution in [0.5, 0.6) is 5.75 Å². The van der Waals surface area contributed by atoms with E-state index < -0.39 is 23.9 Å². The molecule has 0 fully saturated rings. The molecule has 176 valence electrons. The number of hydrogen-bond donors (Lipinski definition) is 1. The molecule has 3 aromatic carbocycles. The van der Waals surface area contributed by atoms with Crippen LogP contribution in [0.15, 0.2) is 65.1 Å². The maximum atomic E-state index is 13.5. The molecule has 1 aliphatic heterocycles. The molecule has 0 radical (unpaired) electrons. The van der Waals surface area contributed by atoms with Gasteiger partial charge in [-0.15, -0.1) is 0 Å². The predicted molar refractivity (Wildman–Crippen MR) is 131 cm³/mol. The van der Waals surface area contributed by atoms with Gasteiger partial charge in [-0.2, -0.15) is 0 Å². The Morgan fingerprint density at radius 2 is 1.94 bits per heavy atom. The van der Waals surface area contributed by atoms with Crippen LogP contribution < -0.4 is 4.74 Å². The number of carboxylic acid groups (broad SMARTS) is 1.